The van der Waals surface area contributed by atoms with Gasteiger partial charge in [-0.05, 0) is 30.9 Å². The van der Waals surface area contributed by atoms with Crippen molar-refractivity contribution < 1.29 is 9.90 Å². The Morgan fingerprint density at radius 3 is 2.90 bits per heavy atom. The highest BCUT2D eigenvalue weighted by atomic mass is 32.1. The molecule has 4 heteroatoms. The third kappa shape index (κ3) is 4.09. The van der Waals surface area contributed by atoms with Gasteiger partial charge >= 0.3 is 0 Å². The van der Waals surface area contributed by atoms with Gasteiger partial charge in [-0.1, -0.05) is 24.7 Å². The number of carbonyl (C=O) groups is 1. The molecule has 1 heterocycles. The lowest BCUT2D eigenvalue weighted by molar-refractivity contribution is 0.0778. The van der Waals surface area contributed by atoms with Crippen molar-refractivity contribution in [1.82, 2.24) is 4.90 Å². The zero-order chi connectivity index (χ0) is 14.4. The predicted octanol–water partition coefficient (Wildman–Crippen LogP) is 2.74. The van der Waals surface area contributed by atoms with E-state index in [2.05, 4.69) is 11.8 Å². The highest BCUT2D eigenvalue weighted by Gasteiger charge is 2.20. The summed E-state index contributed by atoms with van der Waals surface area (Å²) in [6.07, 6.45) is 5.58. The molecule has 0 spiro atoms. The van der Waals surface area contributed by atoms with Crippen LogP contribution in [-0.4, -0.2) is 36.1 Å². The van der Waals surface area contributed by atoms with E-state index in [0.29, 0.717) is 12.3 Å². The van der Waals surface area contributed by atoms with Gasteiger partial charge in [0.1, 0.15) is 0 Å². The summed E-state index contributed by atoms with van der Waals surface area (Å²) in [5.41, 5.74) is 0. The van der Waals surface area contributed by atoms with Crippen LogP contribution >= 0.6 is 11.3 Å². The van der Waals surface area contributed by atoms with Crippen molar-refractivity contribution in [3.63, 3.8) is 0 Å². The van der Waals surface area contributed by atoms with Gasteiger partial charge in [-0.15, -0.1) is 11.3 Å². The molecule has 0 saturated heterocycles. The fourth-order valence-electron chi connectivity index (χ4n) is 2.58. The first-order valence-electron chi connectivity index (χ1n) is 7.15. The Balaban J connectivity index is 1.93. The van der Waals surface area contributed by atoms with Crippen LogP contribution in [0.4, 0.5) is 0 Å². The number of amides is 1. The molecule has 0 aromatic carbocycles. The molecule has 2 rings (SSSR count). The fraction of sp³-hybridized carbons (Fsp3) is 0.562. The zero-order valence-corrected chi connectivity index (χ0v) is 12.7. The third-order valence-electron chi connectivity index (χ3n) is 3.62. The van der Waals surface area contributed by atoms with E-state index < -0.39 is 0 Å². The molecule has 1 aliphatic carbocycles. The topological polar surface area (TPSA) is 40.5 Å². The molecule has 1 amide bonds. The second kappa shape index (κ2) is 7.47. The van der Waals surface area contributed by atoms with E-state index in [4.69, 9.17) is 5.11 Å². The van der Waals surface area contributed by atoms with Crippen LogP contribution in [0.5, 0.6) is 0 Å². The number of nitrogens with zero attached hydrogens (tertiary/aromatic N) is 1. The van der Waals surface area contributed by atoms with Crippen LogP contribution in [-0.2, 0) is 0 Å². The molecule has 1 aromatic heterocycles. The summed E-state index contributed by atoms with van der Waals surface area (Å²) in [6, 6.07) is 3.73. The van der Waals surface area contributed by atoms with Gasteiger partial charge in [-0.3, -0.25) is 4.79 Å². The van der Waals surface area contributed by atoms with Gasteiger partial charge in [-0.2, -0.15) is 0 Å². The number of carbonyl (C=O) groups excluding carboxylic acids is 1. The van der Waals surface area contributed by atoms with Crippen LogP contribution in [0.15, 0.2) is 12.1 Å². The van der Waals surface area contributed by atoms with Crippen molar-refractivity contribution in [2.75, 3.05) is 20.2 Å². The Hall–Kier alpha value is -1.31. The number of hydrogen-bond acceptors (Lipinski definition) is 3. The predicted molar refractivity (Wildman–Crippen MR) is 81.8 cm³/mol. The van der Waals surface area contributed by atoms with E-state index >= 15 is 0 Å². The largest absolute Gasteiger partial charge is 0.395 e. The van der Waals surface area contributed by atoms with Crippen LogP contribution in [0.25, 0.3) is 0 Å². The van der Waals surface area contributed by atoms with E-state index in [1.807, 2.05) is 24.1 Å². The number of thiophene rings is 1. The first kappa shape index (κ1) is 15.1. The second-order valence-corrected chi connectivity index (χ2v) is 6.36. The molecule has 1 aliphatic rings. The minimum atomic E-state index is 0.0777. The summed E-state index contributed by atoms with van der Waals surface area (Å²) in [5, 5.41) is 8.69. The van der Waals surface area contributed by atoms with E-state index in [-0.39, 0.29) is 12.5 Å². The standard InChI is InChI=1S/C16H21NO2S/c1-17(12-13-6-2-3-7-13)16(19)15-10-9-14(20-15)8-4-5-11-18/h9-10,13,18H,2-3,5-7,11-12H2,1H3. The molecule has 1 N–H and O–H groups in total. The van der Waals surface area contributed by atoms with Crippen LogP contribution < -0.4 is 0 Å². The summed E-state index contributed by atoms with van der Waals surface area (Å²) in [6.45, 7) is 0.941. The smallest absolute Gasteiger partial charge is 0.263 e. The maximum absolute atomic E-state index is 12.3. The van der Waals surface area contributed by atoms with Crippen molar-refractivity contribution in [2.45, 2.75) is 32.1 Å². The highest BCUT2D eigenvalue weighted by Crippen LogP contribution is 2.26. The maximum Gasteiger partial charge on any atom is 0.263 e. The molecular formula is C16H21NO2S. The maximum atomic E-state index is 12.3. The normalized spacial score (nSPS) is 14.9. The molecule has 1 fully saturated rings. The first-order valence-corrected chi connectivity index (χ1v) is 7.97. The van der Waals surface area contributed by atoms with E-state index in [1.165, 1.54) is 37.0 Å². The number of aliphatic hydroxyl groups is 1. The van der Waals surface area contributed by atoms with Crippen molar-refractivity contribution >= 4 is 17.2 Å². The first-order chi connectivity index (χ1) is 9.70. The van der Waals surface area contributed by atoms with Crippen LogP contribution in [0, 0.1) is 17.8 Å². The Morgan fingerprint density at radius 1 is 1.45 bits per heavy atom. The van der Waals surface area contributed by atoms with Gasteiger partial charge in [-0.25, -0.2) is 0 Å². The molecule has 0 bridgehead atoms. The molecule has 3 nitrogen and oxygen atoms in total. The van der Waals surface area contributed by atoms with Crippen LogP contribution in [0.2, 0.25) is 0 Å². The quantitative estimate of drug-likeness (QED) is 0.867. The number of aliphatic hydroxyl groups excluding tert-OH is 1. The number of rotatable bonds is 4. The van der Waals surface area contributed by atoms with Crippen molar-refractivity contribution in [2.24, 2.45) is 5.92 Å². The summed E-state index contributed by atoms with van der Waals surface area (Å²) >= 11 is 1.43. The fourth-order valence-corrected chi connectivity index (χ4v) is 3.45. The van der Waals surface area contributed by atoms with Crippen molar-refractivity contribution in [3.05, 3.63) is 21.9 Å². The Morgan fingerprint density at radius 2 is 2.20 bits per heavy atom. The zero-order valence-electron chi connectivity index (χ0n) is 11.9. The molecule has 0 radical (unpaired) electrons. The molecule has 20 heavy (non-hydrogen) atoms. The van der Waals surface area contributed by atoms with Gasteiger partial charge in [0.05, 0.1) is 16.4 Å². The Kier molecular flexibility index (Phi) is 5.63. The highest BCUT2D eigenvalue weighted by molar-refractivity contribution is 7.14. The van der Waals surface area contributed by atoms with E-state index in [9.17, 15) is 4.79 Å². The SMILES string of the molecule is CN(CC1CCCC1)C(=O)c1ccc(C#CCCO)s1. The molecular weight excluding hydrogens is 270 g/mol. The van der Waals surface area contributed by atoms with Crippen molar-refractivity contribution in [1.29, 1.82) is 0 Å². The average Bonchev–Trinajstić information content (AvgIpc) is 3.09. The van der Waals surface area contributed by atoms with Crippen molar-refractivity contribution in [3.8, 4) is 11.8 Å². The third-order valence-corrected chi connectivity index (χ3v) is 4.61. The molecule has 0 atom stereocenters. The van der Waals surface area contributed by atoms with Crippen LogP contribution in [0.1, 0.15) is 46.7 Å². The molecule has 0 aliphatic heterocycles. The minimum absolute atomic E-state index is 0.0777. The van der Waals surface area contributed by atoms with Crippen LogP contribution in [0.3, 0.4) is 0 Å². The Labute approximate surface area is 124 Å². The summed E-state index contributed by atoms with van der Waals surface area (Å²) in [4.78, 5) is 15.8. The summed E-state index contributed by atoms with van der Waals surface area (Å²) < 4.78 is 0. The van der Waals surface area contributed by atoms with Gasteiger partial charge in [0, 0.05) is 20.0 Å². The van der Waals surface area contributed by atoms with E-state index in [0.717, 1.165) is 16.3 Å². The van der Waals surface area contributed by atoms with Gasteiger partial charge in [0.15, 0.2) is 0 Å². The Bertz CT molecular complexity index is 506. The van der Waals surface area contributed by atoms with E-state index in [1.54, 1.807) is 0 Å². The van der Waals surface area contributed by atoms with Gasteiger partial charge < -0.3 is 10.0 Å². The van der Waals surface area contributed by atoms with Gasteiger partial charge in [0.2, 0.25) is 0 Å². The number of hydrogen-bond donors (Lipinski definition) is 1. The molecule has 1 saturated carbocycles. The lowest BCUT2D eigenvalue weighted by atomic mass is 10.1. The molecule has 108 valence electrons. The average molecular weight is 291 g/mol. The monoisotopic (exact) mass is 291 g/mol. The van der Waals surface area contributed by atoms with Gasteiger partial charge in [0.25, 0.3) is 5.91 Å². The second-order valence-electron chi connectivity index (χ2n) is 5.28. The molecule has 1 aromatic rings. The summed E-state index contributed by atoms with van der Waals surface area (Å²) in [7, 11) is 1.89. The minimum Gasteiger partial charge on any atom is -0.395 e. The lowest BCUT2D eigenvalue weighted by Crippen LogP contribution is -2.30. The lowest BCUT2D eigenvalue weighted by Gasteiger charge is -2.20. The molecule has 0 unspecified atom stereocenters. The summed E-state index contributed by atoms with van der Waals surface area (Å²) in [5.74, 6) is 6.62.